The average Bonchev–Trinajstić information content (AvgIpc) is 2.80. The van der Waals surface area contributed by atoms with Gasteiger partial charge in [-0.25, -0.2) is 0 Å². The summed E-state index contributed by atoms with van der Waals surface area (Å²) in [6.07, 6.45) is 6.86. The lowest BCUT2D eigenvalue weighted by Gasteiger charge is -2.21. The van der Waals surface area contributed by atoms with Gasteiger partial charge in [0.1, 0.15) is 0 Å². The molecule has 2 nitrogen and oxygen atoms in total. The molecule has 1 aliphatic heterocycles. The molecule has 1 heterocycles. The first-order valence-corrected chi connectivity index (χ1v) is 5.32. The summed E-state index contributed by atoms with van der Waals surface area (Å²) in [7, 11) is 0. The predicted octanol–water partition coefficient (Wildman–Crippen LogP) is 1.21. The molecule has 1 saturated carbocycles. The molecular weight excluding hydrogens is 148 g/mol. The van der Waals surface area contributed by atoms with Crippen LogP contribution in [0.5, 0.6) is 0 Å². The van der Waals surface area contributed by atoms with Gasteiger partial charge in [0.25, 0.3) is 0 Å². The number of hydrogen-bond donors (Lipinski definition) is 1. The maximum absolute atomic E-state index is 5.98. The Labute approximate surface area is 75.1 Å². The number of nitrogens with zero attached hydrogens (tertiary/aromatic N) is 1. The number of hydrogen-bond acceptors (Lipinski definition) is 2. The van der Waals surface area contributed by atoms with Crippen LogP contribution < -0.4 is 5.73 Å². The van der Waals surface area contributed by atoms with Crippen molar-refractivity contribution in [3.05, 3.63) is 0 Å². The Morgan fingerprint density at radius 3 is 2.75 bits per heavy atom. The van der Waals surface area contributed by atoms with Crippen molar-refractivity contribution in [3.8, 4) is 0 Å². The fraction of sp³-hybridized carbons (Fsp3) is 1.00. The lowest BCUT2D eigenvalue weighted by atomic mass is 10.2. The average molecular weight is 168 g/mol. The van der Waals surface area contributed by atoms with Crippen LogP contribution >= 0.6 is 0 Å². The highest BCUT2D eigenvalue weighted by Gasteiger charge is 2.25. The van der Waals surface area contributed by atoms with E-state index < -0.39 is 0 Å². The Bertz CT molecular complexity index is 143. The maximum atomic E-state index is 5.98. The van der Waals surface area contributed by atoms with Crippen molar-refractivity contribution in [3.63, 3.8) is 0 Å². The smallest absolute Gasteiger partial charge is 0.0167 e. The van der Waals surface area contributed by atoms with Crippen LogP contribution in [-0.4, -0.2) is 30.6 Å². The second-order valence-electron chi connectivity index (χ2n) is 4.46. The quantitative estimate of drug-likeness (QED) is 0.671. The Kier molecular flexibility index (Phi) is 2.66. The van der Waals surface area contributed by atoms with E-state index >= 15 is 0 Å². The molecule has 0 bridgehead atoms. The summed E-state index contributed by atoms with van der Waals surface area (Å²) < 4.78 is 0. The van der Waals surface area contributed by atoms with Crippen molar-refractivity contribution in [1.82, 2.24) is 4.90 Å². The molecule has 12 heavy (non-hydrogen) atoms. The molecule has 0 radical (unpaired) electrons. The normalized spacial score (nSPS) is 33.2. The van der Waals surface area contributed by atoms with Gasteiger partial charge in [0.2, 0.25) is 0 Å². The van der Waals surface area contributed by atoms with Gasteiger partial charge in [-0.1, -0.05) is 6.42 Å². The van der Waals surface area contributed by atoms with Crippen molar-refractivity contribution in [2.75, 3.05) is 19.6 Å². The van der Waals surface area contributed by atoms with Gasteiger partial charge in [0.05, 0.1) is 0 Å². The predicted molar refractivity (Wildman–Crippen MR) is 51.0 cm³/mol. The van der Waals surface area contributed by atoms with Gasteiger partial charge in [-0.3, -0.25) is 0 Å². The van der Waals surface area contributed by atoms with Crippen molar-refractivity contribution in [2.45, 2.75) is 38.1 Å². The van der Waals surface area contributed by atoms with Crippen LogP contribution in [0.3, 0.4) is 0 Å². The highest BCUT2D eigenvalue weighted by atomic mass is 15.1. The lowest BCUT2D eigenvalue weighted by molar-refractivity contribution is 0.262. The van der Waals surface area contributed by atoms with Gasteiger partial charge in [-0.2, -0.15) is 0 Å². The van der Waals surface area contributed by atoms with Crippen LogP contribution in [-0.2, 0) is 0 Å². The first-order chi connectivity index (χ1) is 5.84. The van der Waals surface area contributed by atoms with E-state index in [1.54, 1.807) is 0 Å². The van der Waals surface area contributed by atoms with Crippen molar-refractivity contribution >= 4 is 0 Å². The highest BCUT2D eigenvalue weighted by molar-refractivity contribution is 4.80. The Balaban J connectivity index is 1.77. The van der Waals surface area contributed by atoms with Crippen molar-refractivity contribution in [1.29, 1.82) is 0 Å². The third-order valence-corrected chi connectivity index (χ3v) is 3.01. The first kappa shape index (κ1) is 8.52. The molecule has 1 aliphatic carbocycles. The van der Waals surface area contributed by atoms with Crippen LogP contribution in [0.15, 0.2) is 0 Å². The summed E-state index contributed by atoms with van der Waals surface area (Å²) in [6.45, 7) is 3.77. The summed E-state index contributed by atoms with van der Waals surface area (Å²) >= 11 is 0. The molecular formula is C10H20N2. The summed E-state index contributed by atoms with van der Waals surface area (Å²) in [5.74, 6) is 1.02. The second kappa shape index (κ2) is 3.75. The molecule has 2 heteroatoms. The largest absolute Gasteiger partial charge is 0.327 e. The number of nitrogens with two attached hydrogens (primary N) is 1. The van der Waals surface area contributed by atoms with E-state index in [0.29, 0.717) is 6.04 Å². The molecule has 70 valence electrons. The van der Waals surface area contributed by atoms with E-state index in [1.807, 2.05) is 0 Å². The van der Waals surface area contributed by atoms with Gasteiger partial charge >= 0.3 is 0 Å². The third-order valence-electron chi connectivity index (χ3n) is 3.01. The lowest BCUT2D eigenvalue weighted by Crippen LogP contribution is -2.36. The van der Waals surface area contributed by atoms with Crippen molar-refractivity contribution < 1.29 is 0 Å². The van der Waals surface area contributed by atoms with Crippen LogP contribution in [0, 0.1) is 5.92 Å². The van der Waals surface area contributed by atoms with Crippen LogP contribution in [0.4, 0.5) is 0 Å². The van der Waals surface area contributed by atoms with Gasteiger partial charge in [-0.15, -0.1) is 0 Å². The van der Waals surface area contributed by atoms with Gasteiger partial charge < -0.3 is 10.6 Å². The molecule has 2 aliphatic rings. The molecule has 0 aromatic heterocycles. The zero-order chi connectivity index (χ0) is 8.39. The molecule has 2 N–H and O–H groups in total. The molecule has 1 atom stereocenters. The van der Waals surface area contributed by atoms with E-state index in [4.69, 9.17) is 5.73 Å². The summed E-state index contributed by atoms with van der Waals surface area (Å²) in [6, 6.07) is 0.450. The standard InChI is InChI=1S/C10H20N2/c11-10-3-1-2-6-12(8-10)7-9-4-5-9/h9-10H,1-8,11H2/t10-/m1/s1. The highest BCUT2D eigenvalue weighted by Crippen LogP contribution is 2.30. The Hall–Kier alpha value is -0.0800. The van der Waals surface area contributed by atoms with Gasteiger partial charge in [0, 0.05) is 19.1 Å². The summed E-state index contributed by atoms with van der Waals surface area (Å²) in [5, 5.41) is 0. The van der Waals surface area contributed by atoms with Crippen LogP contribution in [0.1, 0.15) is 32.1 Å². The third kappa shape index (κ3) is 2.46. The van der Waals surface area contributed by atoms with Crippen LogP contribution in [0.25, 0.3) is 0 Å². The van der Waals surface area contributed by atoms with E-state index in [0.717, 1.165) is 12.5 Å². The molecule has 0 aromatic carbocycles. The summed E-state index contributed by atoms with van der Waals surface area (Å²) in [5.41, 5.74) is 5.98. The van der Waals surface area contributed by atoms with Crippen LogP contribution in [0.2, 0.25) is 0 Å². The monoisotopic (exact) mass is 168 g/mol. The fourth-order valence-corrected chi connectivity index (χ4v) is 2.09. The van der Waals surface area contributed by atoms with E-state index in [1.165, 1.54) is 45.2 Å². The molecule has 0 spiro atoms. The molecule has 2 rings (SSSR count). The molecule has 1 saturated heterocycles. The second-order valence-corrected chi connectivity index (χ2v) is 4.46. The number of rotatable bonds is 2. The Morgan fingerprint density at radius 1 is 1.17 bits per heavy atom. The van der Waals surface area contributed by atoms with Crippen molar-refractivity contribution in [2.24, 2.45) is 11.7 Å². The zero-order valence-corrected chi connectivity index (χ0v) is 7.84. The van der Waals surface area contributed by atoms with E-state index in [9.17, 15) is 0 Å². The molecule has 0 unspecified atom stereocenters. The summed E-state index contributed by atoms with van der Waals surface area (Å²) in [4.78, 5) is 2.58. The Morgan fingerprint density at radius 2 is 2.00 bits per heavy atom. The topological polar surface area (TPSA) is 29.3 Å². The van der Waals surface area contributed by atoms with E-state index in [2.05, 4.69) is 4.90 Å². The van der Waals surface area contributed by atoms with Gasteiger partial charge in [-0.05, 0) is 38.1 Å². The molecule has 0 aromatic rings. The number of likely N-dealkylation sites (tertiary alicyclic amines) is 1. The molecule has 0 amide bonds. The zero-order valence-electron chi connectivity index (χ0n) is 7.84. The SMILES string of the molecule is N[C@@H]1CCCCN(CC2CC2)C1. The van der Waals surface area contributed by atoms with E-state index in [-0.39, 0.29) is 0 Å². The minimum Gasteiger partial charge on any atom is -0.327 e. The fourth-order valence-electron chi connectivity index (χ4n) is 2.09. The minimum absolute atomic E-state index is 0.450. The maximum Gasteiger partial charge on any atom is 0.0167 e. The molecule has 2 fully saturated rings. The van der Waals surface area contributed by atoms with Gasteiger partial charge in [0.15, 0.2) is 0 Å². The first-order valence-electron chi connectivity index (χ1n) is 5.32. The minimum atomic E-state index is 0.450.